The van der Waals surface area contributed by atoms with Crippen molar-refractivity contribution in [1.82, 2.24) is 14.8 Å². The van der Waals surface area contributed by atoms with Crippen LogP contribution in [0.2, 0.25) is 0 Å². The molecule has 0 amide bonds. The lowest BCUT2D eigenvalue weighted by Crippen LogP contribution is -2.30. The van der Waals surface area contributed by atoms with Gasteiger partial charge in [0.05, 0.1) is 24.4 Å². The topological polar surface area (TPSA) is 95.3 Å². The normalized spacial score (nSPS) is 16.1. The number of nitrogens with one attached hydrogen (secondary N) is 1. The average Bonchev–Trinajstić information content (AvgIpc) is 3.07. The van der Waals surface area contributed by atoms with Gasteiger partial charge in [-0.3, -0.25) is 0 Å². The summed E-state index contributed by atoms with van der Waals surface area (Å²) in [5.74, 6) is -0.312. The smallest absolute Gasteiger partial charge is 0.338 e. The molecule has 2 heterocycles. The number of carbonyl (C=O) groups is 2. The van der Waals surface area contributed by atoms with E-state index in [2.05, 4.69) is 15.4 Å². The first-order chi connectivity index (χ1) is 12.4. The Balaban J connectivity index is 2.06. The molecule has 136 valence electrons. The second-order valence-electron chi connectivity index (χ2n) is 6.16. The molecule has 0 fully saturated rings. The van der Waals surface area contributed by atoms with Gasteiger partial charge >= 0.3 is 11.9 Å². The molecule has 3 rings (SSSR count). The second-order valence-corrected chi connectivity index (χ2v) is 6.16. The monoisotopic (exact) mass is 356 g/mol. The van der Waals surface area contributed by atoms with Gasteiger partial charge in [0.2, 0.25) is 5.95 Å². The van der Waals surface area contributed by atoms with Crippen LogP contribution in [0.5, 0.6) is 0 Å². The summed E-state index contributed by atoms with van der Waals surface area (Å²) in [5, 5.41) is 7.32. The van der Waals surface area contributed by atoms with E-state index >= 15 is 0 Å². The average molecular weight is 356 g/mol. The number of fused-ring (bicyclic) bond motifs is 1. The van der Waals surface area contributed by atoms with E-state index in [4.69, 9.17) is 9.47 Å². The summed E-state index contributed by atoms with van der Waals surface area (Å²) < 4.78 is 11.8. The first-order valence-corrected chi connectivity index (χ1v) is 8.19. The number of esters is 2. The molecule has 8 heteroatoms. The van der Waals surface area contributed by atoms with Crippen molar-refractivity contribution in [1.29, 1.82) is 0 Å². The van der Waals surface area contributed by atoms with E-state index in [1.165, 1.54) is 13.4 Å². The molecule has 0 spiro atoms. The van der Waals surface area contributed by atoms with Crippen LogP contribution in [-0.4, -0.2) is 39.9 Å². The molecule has 0 saturated heterocycles. The molecule has 1 N–H and O–H groups in total. The number of benzene rings is 1. The molecule has 2 aromatic rings. The minimum atomic E-state index is -0.508. The zero-order chi connectivity index (χ0) is 18.8. The number of hydrogen-bond donors (Lipinski definition) is 1. The highest BCUT2D eigenvalue weighted by atomic mass is 16.5. The van der Waals surface area contributed by atoms with Crippen molar-refractivity contribution in [2.45, 2.75) is 32.9 Å². The van der Waals surface area contributed by atoms with Gasteiger partial charge in [0.1, 0.15) is 12.4 Å². The standard InChI is InChI=1S/C18H20N4O4/c1-10(2)26-17(24)14-11(3)21-18-19-9-20-22(18)15(14)12-5-7-13(8-6-12)16(23)25-4/h5-10,15H,1-4H3,(H,19,20,21)/t15-/m1/s1. The largest absolute Gasteiger partial charge is 0.465 e. The van der Waals surface area contributed by atoms with Gasteiger partial charge in [-0.15, -0.1) is 0 Å². The molecule has 1 atom stereocenters. The number of nitrogens with zero attached hydrogens (tertiary/aromatic N) is 3. The van der Waals surface area contributed by atoms with E-state index in [1.54, 1.807) is 49.7 Å². The van der Waals surface area contributed by atoms with Gasteiger partial charge in [-0.05, 0) is 38.5 Å². The Morgan fingerprint density at radius 3 is 2.50 bits per heavy atom. The summed E-state index contributed by atoms with van der Waals surface area (Å²) >= 11 is 0. The Kier molecular flexibility index (Phi) is 4.75. The molecule has 1 aromatic carbocycles. The van der Waals surface area contributed by atoms with Crippen LogP contribution in [0.3, 0.4) is 0 Å². The molecule has 26 heavy (non-hydrogen) atoms. The molecule has 0 unspecified atom stereocenters. The van der Waals surface area contributed by atoms with Crippen LogP contribution < -0.4 is 5.32 Å². The van der Waals surface area contributed by atoms with Crippen LogP contribution in [0, 0.1) is 0 Å². The van der Waals surface area contributed by atoms with Crippen LogP contribution in [0.4, 0.5) is 5.95 Å². The number of allylic oxidation sites excluding steroid dienone is 1. The molecule has 1 aliphatic heterocycles. The van der Waals surface area contributed by atoms with E-state index in [0.717, 1.165) is 5.56 Å². The predicted molar refractivity (Wildman–Crippen MR) is 93.5 cm³/mol. The van der Waals surface area contributed by atoms with Crippen molar-refractivity contribution in [2.75, 3.05) is 12.4 Å². The Morgan fingerprint density at radius 2 is 1.88 bits per heavy atom. The number of rotatable bonds is 4. The summed E-state index contributed by atoms with van der Waals surface area (Å²) in [6.45, 7) is 5.39. The van der Waals surface area contributed by atoms with Gasteiger partial charge in [0.25, 0.3) is 0 Å². The highest BCUT2D eigenvalue weighted by molar-refractivity contribution is 5.93. The van der Waals surface area contributed by atoms with Gasteiger partial charge in [-0.2, -0.15) is 10.1 Å². The van der Waals surface area contributed by atoms with Crippen molar-refractivity contribution in [3.8, 4) is 0 Å². The summed E-state index contributed by atoms with van der Waals surface area (Å²) in [6.07, 6.45) is 1.17. The predicted octanol–water partition coefficient (Wildman–Crippen LogP) is 2.31. The Bertz CT molecular complexity index is 868. The maximum Gasteiger partial charge on any atom is 0.338 e. The minimum absolute atomic E-state index is 0.248. The van der Waals surface area contributed by atoms with Crippen LogP contribution in [0.1, 0.15) is 42.7 Å². The summed E-state index contributed by atoms with van der Waals surface area (Å²) in [6, 6.07) is 6.33. The van der Waals surface area contributed by atoms with E-state index in [0.29, 0.717) is 22.8 Å². The van der Waals surface area contributed by atoms with Crippen LogP contribution >= 0.6 is 0 Å². The van der Waals surface area contributed by atoms with Gasteiger partial charge in [0.15, 0.2) is 0 Å². The summed E-state index contributed by atoms with van der Waals surface area (Å²) in [7, 11) is 1.33. The van der Waals surface area contributed by atoms with E-state index < -0.39 is 18.0 Å². The van der Waals surface area contributed by atoms with Gasteiger partial charge in [-0.25, -0.2) is 14.3 Å². The SMILES string of the molecule is COC(=O)c1ccc([C@@H]2C(C(=O)OC(C)C)=C(C)Nc3ncnn32)cc1. The lowest BCUT2D eigenvalue weighted by Gasteiger charge is -2.28. The number of hydrogen-bond acceptors (Lipinski definition) is 7. The Labute approximate surface area is 150 Å². The van der Waals surface area contributed by atoms with Crippen molar-refractivity contribution in [3.05, 3.63) is 53.0 Å². The molecular formula is C18H20N4O4. The third kappa shape index (κ3) is 3.17. The number of anilines is 1. The lowest BCUT2D eigenvalue weighted by atomic mass is 9.95. The maximum absolute atomic E-state index is 12.7. The number of methoxy groups -OCH3 is 1. The van der Waals surface area contributed by atoms with Crippen molar-refractivity contribution >= 4 is 17.9 Å². The molecule has 1 aliphatic rings. The van der Waals surface area contributed by atoms with E-state index in [1.807, 2.05) is 0 Å². The molecule has 8 nitrogen and oxygen atoms in total. The van der Waals surface area contributed by atoms with E-state index in [-0.39, 0.29) is 6.10 Å². The fraction of sp³-hybridized carbons (Fsp3) is 0.333. The number of ether oxygens (including phenoxy) is 2. The highest BCUT2D eigenvalue weighted by Crippen LogP contribution is 2.35. The van der Waals surface area contributed by atoms with E-state index in [9.17, 15) is 9.59 Å². The minimum Gasteiger partial charge on any atom is -0.465 e. The molecule has 0 radical (unpaired) electrons. The summed E-state index contributed by atoms with van der Waals surface area (Å²) in [5.41, 5.74) is 2.30. The molecule has 1 aromatic heterocycles. The number of aromatic nitrogens is 3. The molecule has 0 aliphatic carbocycles. The quantitative estimate of drug-likeness (QED) is 0.840. The van der Waals surface area contributed by atoms with Crippen LogP contribution in [0.15, 0.2) is 41.9 Å². The van der Waals surface area contributed by atoms with Crippen LogP contribution in [0.25, 0.3) is 0 Å². The Morgan fingerprint density at radius 1 is 1.19 bits per heavy atom. The maximum atomic E-state index is 12.7. The number of carbonyl (C=O) groups excluding carboxylic acids is 2. The van der Waals surface area contributed by atoms with Crippen molar-refractivity contribution in [2.24, 2.45) is 0 Å². The first kappa shape index (κ1) is 17.7. The fourth-order valence-corrected chi connectivity index (χ4v) is 2.86. The third-order valence-electron chi connectivity index (χ3n) is 4.00. The van der Waals surface area contributed by atoms with Gasteiger partial charge in [-0.1, -0.05) is 12.1 Å². The van der Waals surface area contributed by atoms with Crippen LogP contribution in [-0.2, 0) is 14.3 Å². The van der Waals surface area contributed by atoms with Crippen molar-refractivity contribution < 1.29 is 19.1 Å². The van der Waals surface area contributed by atoms with Gasteiger partial charge in [0, 0.05) is 5.70 Å². The zero-order valence-corrected chi connectivity index (χ0v) is 15.0. The van der Waals surface area contributed by atoms with Crippen molar-refractivity contribution in [3.63, 3.8) is 0 Å². The fourth-order valence-electron chi connectivity index (χ4n) is 2.86. The highest BCUT2D eigenvalue weighted by Gasteiger charge is 2.34. The first-order valence-electron chi connectivity index (χ1n) is 8.19. The molecular weight excluding hydrogens is 336 g/mol. The third-order valence-corrected chi connectivity index (χ3v) is 4.00. The Hall–Kier alpha value is -3.16. The summed E-state index contributed by atoms with van der Waals surface area (Å²) in [4.78, 5) is 28.5. The molecule has 0 saturated carbocycles. The lowest BCUT2D eigenvalue weighted by molar-refractivity contribution is -0.143. The second kappa shape index (κ2) is 6.99. The zero-order valence-electron chi connectivity index (χ0n) is 15.0. The van der Waals surface area contributed by atoms with Gasteiger partial charge < -0.3 is 14.8 Å². The molecule has 0 bridgehead atoms.